The number of non-ortho nitro benzene ring substituents is 1. The number of rotatable bonds is 5. The van der Waals surface area contributed by atoms with Crippen LogP contribution in [0.15, 0.2) is 29.4 Å². The molecule has 1 aromatic rings. The highest BCUT2D eigenvalue weighted by Gasteiger charge is 2.62. The third kappa shape index (κ3) is 3.78. The molecule has 1 aliphatic heterocycles. The minimum atomic E-state index is -5.06. The molecule has 25 heavy (non-hydrogen) atoms. The standard InChI is InChI=1S/C15H16F3N3O4/c1-2-3-11-9-14(23,15(16,17)18)20(19-11)13(22)8-10-4-6-12(7-5-10)21(24)25/h4-7,23H,2-3,8-9H2,1H3/t14-/m0/s1. The lowest BCUT2D eigenvalue weighted by molar-refractivity contribution is -0.384. The quantitative estimate of drug-likeness (QED) is 0.646. The van der Waals surface area contributed by atoms with Gasteiger partial charge in [0.15, 0.2) is 0 Å². The van der Waals surface area contributed by atoms with Gasteiger partial charge in [0, 0.05) is 24.3 Å². The number of aliphatic hydroxyl groups is 1. The molecule has 1 N–H and O–H groups in total. The Morgan fingerprint density at radius 2 is 2.00 bits per heavy atom. The highest BCUT2D eigenvalue weighted by Crippen LogP contribution is 2.41. The minimum absolute atomic E-state index is 0.0827. The van der Waals surface area contributed by atoms with Crippen molar-refractivity contribution < 1.29 is 28.0 Å². The average molecular weight is 359 g/mol. The summed E-state index contributed by atoms with van der Waals surface area (Å²) in [4.78, 5) is 22.2. The van der Waals surface area contributed by atoms with Crippen LogP contribution in [-0.2, 0) is 11.2 Å². The molecule has 1 amide bonds. The van der Waals surface area contributed by atoms with Gasteiger partial charge in [-0.1, -0.05) is 25.5 Å². The molecule has 0 bridgehead atoms. The van der Waals surface area contributed by atoms with Gasteiger partial charge < -0.3 is 5.11 Å². The van der Waals surface area contributed by atoms with Gasteiger partial charge in [-0.25, -0.2) is 0 Å². The second-order valence-electron chi connectivity index (χ2n) is 5.71. The SMILES string of the molecule is CCCC1=NN(C(=O)Cc2ccc([N+](=O)[O-])cc2)[C@@](O)(C(F)(F)F)C1. The van der Waals surface area contributed by atoms with Gasteiger partial charge in [0.1, 0.15) is 0 Å². The van der Waals surface area contributed by atoms with Gasteiger partial charge >= 0.3 is 6.18 Å². The molecule has 1 aromatic carbocycles. The summed E-state index contributed by atoms with van der Waals surface area (Å²) in [6.07, 6.45) is -5.55. The molecule has 0 fully saturated rings. The van der Waals surface area contributed by atoms with E-state index in [9.17, 15) is 33.2 Å². The van der Waals surface area contributed by atoms with E-state index in [1.165, 1.54) is 12.1 Å². The second kappa shape index (κ2) is 6.79. The monoisotopic (exact) mass is 359 g/mol. The number of halogens is 3. The molecule has 7 nitrogen and oxygen atoms in total. The predicted molar refractivity (Wildman–Crippen MR) is 81.6 cm³/mol. The maximum Gasteiger partial charge on any atom is 0.438 e. The number of benzene rings is 1. The van der Waals surface area contributed by atoms with E-state index < -0.39 is 35.6 Å². The van der Waals surface area contributed by atoms with E-state index in [-0.39, 0.29) is 28.4 Å². The van der Waals surface area contributed by atoms with Crippen LogP contribution in [0.4, 0.5) is 18.9 Å². The molecule has 0 radical (unpaired) electrons. The maximum absolute atomic E-state index is 13.3. The Morgan fingerprint density at radius 1 is 1.40 bits per heavy atom. The molecule has 0 saturated heterocycles. The largest absolute Gasteiger partial charge is 0.438 e. The zero-order valence-electron chi connectivity index (χ0n) is 13.3. The van der Waals surface area contributed by atoms with Crippen molar-refractivity contribution >= 4 is 17.3 Å². The lowest BCUT2D eigenvalue weighted by Crippen LogP contribution is -2.57. The number of carbonyl (C=O) groups excluding carboxylic acids is 1. The van der Waals surface area contributed by atoms with Gasteiger partial charge in [0.05, 0.1) is 11.3 Å². The van der Waals surface area contributed by atoms with Crippen molar-refractivity contribution in [2.45, 2.75) is 44.5 Å². The summed E-state index contributed by atoms with van der Waals surface area (Å²) < 4.78 is 39.8. The topological polar surface area (TPSA) is 96.0 Å². The minimum Gasteiger partial charge on any atom is -0.362 e. The van der Waals surface area contributed by atoms with Gasteiger partial charge in [-0.3, -0.25) is 14.9 Å². The van der Waals surface area contributed by atoms with E-state index in [2.05, 4.69) is 5.10 Å². The first kappa shape index (κ1) is 18.8. The summed E-state index contributed by atoms with van der Waals surface area (Å²) in [6.45, 7) is 1.75. The Balaban J connectivity index is 2.23. The molecule has 0 aromatic heterocycles. The molecule has 0 saturated carbocycles. The number of amides is 1. The Hall–Kier alpha value is -2.49. The molecule has 1 atom stereocenters. The third-order valence-electron chi connectivity index (χ3n) is 3.77. The summed E-state index contributed by atoms with van der Waals surface area (Å²) in [5, 5.41) is 24.4. The van der Waals surface area contributed by atoms with Crippen LogP contribution >= 0.6 is 0 Å². The van der Waals surface area contributed by atoms with Crippen LogP contribution in [0.2, 0.25) is 0 Å². The van der Waals surface area contributed by atoms with Crippen LogP contribution in [0.3, 0.4) is 0 Å². The molecule has 0 aliphatic carbocycles. The van der Waals surface area contributed by atoms with E-state index in [1.54, 1.807) is 6.92 Å². The Labute approximate surface area is 140 Å². The Kier molecular flexibility index (Phi) is 5.12. The smallest absolute Gasteiger partial charge is 0.362 e. The van der Waals surface area contributed by atoms with E-state index in [1.807, 2.05) is 0 Å². The first-order valence-electron chi connectivity index (χ1n) is 7.50. The van der Waals surface area contributed by atoms with E-state index in [4.69, 9.17) is 0 Å². The molecule has 0 spiro atoms. The number of hydrogen-bond donors (Lipinski definition) is 1. The first-order chi connectivity index (χ1) is 11.6. The highest BCUT2D eigenvalue weighted by molar-refractivity contribution is 5.91. The van der Waals surface area contributed by atoms with Crippen LogP contribution in [0.25, 0.3) is 0 Å². The zero-order chi connectivity index (χ0) is 18.8. The number of nitro benzene ring substituents is 1. The van der Waals surface area contributed by atoms with Gasteiger partial charge in [-0.2, -0.15) is 23.3 Å². The summed E-state index contributed by atoms with van der Waals surface area (Å²) in [6, 6.07) is 4.84. The summed E-state index contributed by atoms with van der Waals surface area (Å²) in [5.74, 6) is -1.04. The number of nitrogens with zero attached hydrogens (tertiary/aromatic N) is 3. The number of hydrazone groups is 1. The van der Waals surface area contributed by atoms with Crippen LogP contribution in [0, 0.1) is 10.1 Å². The first-order valence-corrected chi connectivity index (χ1v) is 7.50. The fraction of sp³-hybridized carbons (Fsp3) is 0.467. The van der Waals surface area contributed by atoms with E-state index in [0.717, 1.165) is 12.1 Å². The van der Waals surface area contributed by atoms with E-state index >= 15 is 0 Å². The normalized spacial score (nSPS) is 20.5. The van der Waals surface area contributed by atoms with Crippen LogP contribution in [0.1, 0.15) is 31.7 Å². The molecular formula is C15H16F3N3O4. The number of nitro groups is 1. The third-order valence-corrected chi connectivity index (χ3v) is 3.77. The van der Waals surface area contributed by atoms with Crippen molar-refractivity contribution in [3.63, 3.8) is 0 Å². The highest BCUT2D eigenvalue weighted by atomic mass is 19.4. The second-order valence-corrected chi connectivity index (χ2v) is 5.71. The van der Waals surface area contributed by atoms with Crippen LogP contribution < -0.4 is 0 Å². The van der Waals surface area contributed by atoms with Crippen LogP contribution in [0.5, 0.6) is 0 Å². The molecule has 10 heteroatoms. The number of carbonyl (C=O) groups is 1. The van der Waals surface area contributed by atoms with Crippen molar-refractivity contribution in [3.05, 3.63) is 39.9 Å². The molecular weight excluding hydrogens is 343 g/mol. The fourth-order valence-electron chi connectivity index (χ4n) is 2.51. The van der Waals surface area contributed by atoms with Crippen LogP contribution in [-0.4, -0.2) is 38.6 Å². The summed E-state index contributed by atoms with van der Waals surface area (Å²) in [7, 11) is 0. The summed E-state index contributed by atoms with van der Waals surface area (Å²) in [5.41, 5.74) is -3.19. The fourth-order valence-corrected chi connectivity index (χ4v) is 2.51. The van der Waals surface area contributed by atoms with Crippen molar-refractivity contribution in [3.8, 4) is 0 Å². The molecule has 1 aliphatic rings. The predicted octanol–water partition coefficient (Wildman–Crippen LogP) is 2.78. The van der Waals surface area contributed by atoms with E-state index in [0.29, 0.717) is 6.42 Å². The molecule has 1 heterocycles. The van der Waals surface area contributed by atoms with Crippen molar-refractivity contribution in [2.24, 2.45) is 5.10 Å². The number of alkyl halides is 3. The van der Waals surface area contributed by atoms with Gasteiger partial charge in [-0.15, -0.1) is 0 Å². The lowest BCUT2D eigenvalue weighted by Gasteiger charge is -2.32. The van der Waals surface area contributed by atoms with Crippen molar-refractivity contribution in [2.75, 3.05) is 0 Å². The average Bonchev–Trinajstić information content (AvgIpc) is 2.86. The Morgan fingerprint density at radius 3 is 2.48 bits per heavy atom. The van der Waals surface area contributed by atoms with Crippen molar-refractivity contribution in [1.29, 1.82) is 0 Å². The molecule has 136 valence electrons. The maximum atomic E-state index is 13.3. The zero-order valence-corrected chi connectivity index (χ0v) is 13.3. The van der Waals surface area contributed by atoms with Gasteiger partial charge in [0.25, 0.3) is 11.4 Å². The lowest BCUT2D eigenvalue weighted by atomic mass is 10.0. The Bertz CT molecular complexity index is 703. The van der Waals surface area contributed by atoms with Crippen molar-refractivity contribution in [1.82, 2.24) is 5.01 Å². The molecule has 0 unspecified atom stereocenters. The number of hydrogen-bond acceptors (Lipinski definition) is 5. The molecule has 2 rings (SSSR count). The van der Waals surface area contributed by atoms with Gasteiger partial charge in [0.2, 0.25) is 5.91 Å². The van der Waals surface area contributed by atoms with Gasteiger partial charge in [-0.05, 0) is 12.0 Å². The summed E-state index contributed by atoms with van der Waals surface area (Å²) >= 11 is 0.